The van der Waals surface area contributed by atoms with E-state index in [9.17, 15) is 19.2 Å². The van der Waals surface area contributed by atoms with Gasteiger partial charge in [-0.05, 0) is 122 Å². The Hall–Kier alpha value is -7.08. The molecule has 6 amide bonds. The van der Waals surface area contributed by atoms with Crippen molar-refractivity contribution in [3.05, 3.63) is 143 Å². The monoisotopic (exact) mass is 1120 g/mol. The molecule has 1 aromatic heterocycles. The van der Waals surface area contributed by atoms with Crippen molar-refractivity contribution in [3.63, 3.8) is 0 Å². The lowest BCUT2D eigenvalue weighted by Gasteiger charge is -2.43. The van der Waals surface area contributed by atoms with Crippen LogP contribution >= 0.6 is 0 Å². The number of hydrogen-bond donors (Lipinski definition) is 4. The van der Waals surface area contributed by atoms with Gasteiger partial charge in [-0.2, -0.15) is 0 Å². The normalized spacial score (nSPS) is 19.9. The largest absolute Gasteiger partial charge is 0.444 e. The Bertz CT molecular complexity index is 3100. The summed E-state index contributed by atoms with van der Waals surface area (Å²) in [4.78, 5) is 93.7. The molecule has 0 bridgehead atoms. The lowest BCUT2D eigenvalue weighted by Crippen LogP contribution is -2.60. The van der Waals surface area contributed by atoms with Gasteiger partial charge in [0.15, 0.2) is 0 Å². The van der Waals surface area contributed by atoms with Crippen LogP contribution in [-0.2, 0) is 54.6 Å². The number of nitrogens with two attached hydrogens (primary N) is 1. The predicted octanol–water partition coefficient (Wildman–Crippen LogP) is 8.67. The second kappa shape index (κ2) is 25.2. The Kier molecular flexibility index (Phi) is 18.7. The number of aromatic nitrogens is 1. The summed E-state index contributed by atoms with van der Waals surface area (Å²) in [6.07, 6.45) is 4.17. The van der Waals surface area contributed by atoms with E-state index < -0.39 is 71.2 Å². The van der Waals surface area contributed by atoms with E-state index in [0.717, 1.165) is 46.9 Å². The highest BCUT2D eigenvalue weighted by molar-refractivity contribution is 5.96. The van der Waals surface area contributed by atoms with Crippen LogP contribution in [0.15, 0.2) is 109 Å². The number of ether oxygens (including phenoxy) is 2. The van der Waals surface area contributed by atoms with Crippen LogP contribution in [0.1, 0.15) is 134 Å². The SMILES string of the molecule is COC[C@@H](c1ccccc1)N(Cc1ccc2c(ccn2C(=O)N[C@H]2C[C@@H](C(=O)N[C@@H]3CCCc4ccccc43)N(C(=O)[C@@H](NC(=O)[C@H](C)N(C)C(=O)OC(C)(C)C)C(C)(C)C)C2)c1)C(=O)[C@@H]1Cc2ccccc2CN1C[C@@H](N)C(C)(C)C. The smallest absolute Gasteiger partial charge is 0.410 e. The minimum absolute atomic E-state index is 0.0108. The van der Waals surface area contributed by atoms with Gasteiger partial charge in [-0.1, -0.05) is 126 Å². The average molecular weight is 1120 g/mol. The highest BCUT2D eigenvalue weighted by Gasteiger charge is 2.47. The number of amides is 6. The van der Waals surface area contributed by atoms with Crippen molar-refractivity contribution in [2.45, 2.75) is 168 Å². The van der Waals surface area contributed by atoms with Crippen LogP contribution in [0.3, 0.4) is 0 Å². The summed E-state index contributed by atoms with van der Waals surface area (Å²) >= 11 is 0. The van der Waals surface area contributed by atoms with E-state index in [1.54, 1.807) is 41.0 Å². The van der Waals surface area contributed by atoms with Crippen molar-refractivity contribution in [2.75, 3.05) is 33.9 Å². The molecule has 0 spiro atoms. The number of carbonyl (C=O) groups is 6. The molecule has 1 saturated heterocycles. The maximum absolute atomic E-state index is 15.5. The number of aryl methyl sites for hydroxylation is 1. The van der Waals surface area contributed by atoms with E-state index in [1.807, 2.05) is 111 Å². The molecule has 3 heterocycles. The van der Waals surface area contributed by atoms with E-state index in [4.69, 9.17) is 15.2 Å². The molecule has 5 N–H and O–H groups in total. The topological polar surface area (TPSA) is 201 Å². The zero-order valence-electron chi connectivity index (χ0n) is 50.2. The van der Waals surface area contributed by atoms with Gasteiger partial charge in [0, 0.05) is 58.0 Å². The molecule has 5 aromatic rings. The van der Waals surface area contributed by atoms with Gasteiger partial charge < -0.3 is 41.0 Å². The number of likely N-dealkylation sites (tertiary alicyclic amines) is 1. The number of likely N-dealkylation sites (N-methyl/N-ethyl adjacent to an activating group) is 1. The highest BCUT2D eigenvalue weighted by atomic mass is 16.6. The second-order valence-electron chi connectivity index (χ2n) is 25.9. The Balaban J connectivity index is 1.05. The maximum Gasteiger partial charge on any atom is 0.410 e. The number of methoxy groups -OCH3 is 1. The van der Waals surface area contributed by atoms with Crippen LogP contribution < -0.4 is 21.7 Å². The minimum atomic E-state index is -1.12. The zero-order valence-corrected chi connectivity index (χ0v) is 50.2. The first kappa shape index (κ1) is 61.0. The lowest BCUT2D eigenvalue weighted by atomic mass is 9.85. The van der Waals surface area contributed by atoms with Gasteiger partial charge in [0.25, 0.3) is 0 Å². The molecule has 1 aliphatic carbocycles. The van der Waals surface area contributed by atoms with Gasteiger partial charge in [0.1, 0.15) is 23.7 Å². The average Bonchev–Trinajstić information content (AvgIpc) is 4.07. The molecule has 82 heavy (non-hydrogen) atoms. The van der Waals surface area contributed by atoms with Crippen molar-refractivity contribution in [1.29, 1.82) is 0 Å². The molecular weight excluding hydrogens is 1030 g/mol. The number of rotatable bonds is 16. The fourth-order valence-electron chi connectivity index (χ4n) is 11.5. The molecule has 8 atom stereocenters. The van der Waals surface area contributed by atoms with E-state index in [2.05, 4.69) is 59.8 Å². The zero-order chi connectivity index (χ0) is 59.4. The number of carbonyl (C=O) groups excluding carboxylic acids is 6. The third-order valence-corrected chi connectivity index (χ3v) is 16.6. The van der Waals surface area contributed by atoms with Crippen LogP contribution in [0.5, 0.6) is 0 Å². The maximum atomic E-state index is 15.5. The predicted molar refractivity (Wildman–Crippen MR) is 318 cm³/mol. The fraction of sp³-hybridized carbons (Fsp3) is 0.508. The molecule has 1 fully saturated rings. The summed E-state index contributed by atoms with van der Waals surface area (Å²) in [6, 6.07) is 28.4. The van der Waals surface area contributed by atoms with Gasteiger partial charge in [0.05, 0.1) is 36.3 Å². The van der Waals surface area contributed by atoms with Crippen molar-refractivity contribution in [1.82, 2.24) is 40.1 Å². The van der Waals surface area contributed by atoms with E-state index >= 15 is 9.59 Å². The number of nitrogens with one attached hydrogen (secondary N) is 3. The van der Waals surface area contributed by atoms with Crippen LogP contribution in [0.2, 0.25) is 0 Å². The standard InChI is InChI=1S/C65H87N9O8/c1-41(70(11)62(80)82-65(8,9)10)57(75)69-56(64(5,6)7)60(78)74-38-48(35-52(74)58(76)68-50-28-20-26-43-21-18-19-27-49(43)50)67-61(79)72-32-31-46-33-42(29-30-51(46)72)36-73(54(40-81-12)44-22-14-13-15-23-44)59(77)53-34-45-24-16-17-25-47(45)37-71(53)39-55(66)63(2,3)4/h13-19,21-25,27,29-33,41,48,50,52-56H,20,26,28,34-40,66H2,1-12H3,(H,67,79)(H,68,76)(H,69,75)/t41-,48-,50+,52-,53-,54-,55+,56+/m0/s1. The molecule has 17 heteroatoms. The molecule has 3 aliphatic rings. The molecule has 8 rings (SSSR count). The quantitative estimate of drug-likeness (QED) is 0.0741. The van der Waals surface area contributed by atoms with E-state index in [1.165, 1.54) is 32.5 Å². The van der Waals surface area contributed by atoms with Crippen molar-refractivity contribution < 1.29 is 38.2 Å². The Morgan fingerprint density at radius 2 is 1.46 bits per heavy atom. The van der Waals surface area contributed by atoms with Crippen LogP contribution in [0.25, 0.3) is 10.9 Å². The molecule has 4 aromatic carbocycles. The Morgan fingerprint density at radius 1 is 0.793 bits per heavy atom. The van der Waals surface area contributed by atoms with Gasteiger partial charge in [0.2, 0.25) is 23.6 Å². The Labute approximate surface area is 484 Å². The van der Waals surface area contributed by atoms with Gasteiger partial charge in [-0.15, -0.1) is 0 Å². The third-order valence-electron chi connectivity index (χ3n) is 16.6. The van der Waals surface area contributed by atoms with Crippen LogP contribution in [-0.4, -0.2) is 136 Å². The summed E-state index contributed by atoms with van der Waals surface area (Å²) in [7, 11) is 3.12. The molecular formula is C65H87N9O8. The Morgan fingerprint density at radius 3 is 2.13 bits per heavy atom. The van der Waals surface area contributed by atoms with Crippen LogP contribution in [0.4, 0.5) is 9.59 Å². The summed E-state index contributed by atoms with van der Waals surface area (Å²) in [5.41, 5.74) is 12.0. The van der Waals surface area contributed by atoms with E-state index in [-0.39, 0.29) is 55.4 Å². The first-order valence-electron chi connectivity index (χ1n) is 29.0. The van der Waals surface area contributed by atoms with Gasteiger partial charge >= 0.3 is 12.1 Å². The molecule has 2 aliphatic heterocycles. The molecule has 0 radical (unpaired) electrons. The minimum Gasteiger partial charge on any atom is -0.444 e. The van der Waals surface area contributed by atoms with E-state index in [0.29, 0.717) is 25.0 Å². The molecule has 440 valence electrons. The second-order valence-corrected chi connectivity index (χ2v) is 25.9. The first-order valence-corrected chi connectivity index (χ1v) is 29.0. The summed E-state index contributed by atoms with van der Waals surface area (Å²) in [6.45, 7) is 20.3. The van der Waals surface area contributed by atoms with Crippen molar-refractivity contribution >= 4 is 46.7 Å². The third kappa shape index (κ3) is 14.2. The summed E-state index contributed by atoms with van der Waals surface area (Å²) < 4.78 is 12.9. The van der Waals surface area contributed by atoms with Crippen LogP contribution in [0, 0.1) is 10.8 Å². The number of nitrogens with zero attached hydrogens (tertiary/aromatic N) is 5. The number of fused-ring (bicyclic) bond motifs is 3. The lowest BCUT2D eigenvalue weighted by molar-refractivity contribution is -0.144. The highest BCUT2D eigenvalue weighted by Crippen LogP contribution is 2.34. The first-order chi connectivity index (χ1) is 38.7. The van der Waals surface area contributed by atoms with Gasteiger partial charge in [-0.25, -0.2) is 9.59 Å². The number of benzene rings is 4. The molecule has 0 unspecified atom stereocenters. The molecule has 0 saturated carbocycles. The van der Waals surface area contributed by atoms with Gasteiger partial charge in [-0.3, -0.25) is 33.5 Å². The fourth-order valence-corrected chi connectivity index (χ4v) is 11.5. The summed E-state index contributed by atoms with van der Waals surface area (Å²) in [5.74, 6) is -1.45. The number of hydrogen-bond acceptors (Lipinski definition) is 10. The van der Waals surface area contributed by atoms with Crippen molar-refractivity contribution in [2.24, 2.45) is 16.6 Å². The molecule has 17 nitrogen and oxygen atoms in total. The summed E-state index contributed by atoms with van der Waals surface area (Å²) in [5, 5.41) is 10.1. The van der Waals surface area contributed by atoms with Crippen molar-refractivity contribution in [3.8, 4) is 0 Å².